The van der Waals surface area contributed by atoms with Crippen molar-refractivity contribution in [2.24, 2.45) is 5.73 Å². The summed E-state index contributed by atoms with van der Waals surface area (Å²) in [5.74, 6) is -0.333. The van der Waals surface area contributed by atoms with Crippen molar-refractivity contribution in [1.29, 1.82) is 0 Å². The van der Waals surface area contributed by atoms with Crippen LogP contribution in [0.1, 0.15) is 28.9 Å². The summed E-state index contributed by atoms with van der Waals surface area (Å²) < 4.78 is 0. The number of nitrogens with two attached hydrogens (primary N) is 1. The van der Waals surface area contributed by atoms with Gasteiger partial charge in [-0.25, -0.2) is 0 Å². The van der Waals surface area contributed by atoms with E-state index in [9.17, 15) is 9.90 Å². The van der Waals surface area contributed by atoms with Crippen molar-refractivity contribution < 1.29 is 9.90 Å². The first kappa shape index (κ1) is 14.2. The average Bonchev–Trinajstić information content (AvgIpc) is 2.38. The van der Waals surface area contributed by atoms with Crippen LogP contribution in [-0.4, -0.2) is 11.0 Å². The zero-order valence-electron chi connectivity index (χ0n) is 10.9. The number of carbonyl (C=O) groups excluding carboxylic acids is 1. The number of hydrogen-bond acceptors (Lipinski definition) is 3. The van der Waals surface area contributed by atoms with Gasteiger partial charge in [0.15, 0.2) is 0 Å². The van der Waals surface area contributed by atoms with Crippen LogP contribution in [0, 0.1) is 0 Å². The second-order valence-electron chi connectivity index (χ2n) is 4.52. The summed E-state index contributed by atoms with van der Waals surface area (Å²) in [6, 6.07) is 12.0. The fourth-order valence-electron chi connectivity index (χ4n) is 1.93. The summed E-state index contributed by atoms with van der Waals surface area (Å²) in [6.45, 7) is 1.96. The molecule has 2 aromatic carbocycles. The number of carbonyl (C=O) groups is 1. The molecule has 4 N–H and O–H groups in total. The Kier molecular flexibility index (Phi) is 4.15. The zero-order valence-corrected chi connectivity index (χ0v) is 11.7. The van der Waals surface area contributed by atoms with Gasteiger partial charge in [-0.05, 0) is 42.8 Å². The molecule has 0 aliphatic carbocycles. The molecule has 2 aromatic rings. The van der Waals surface area contributed by atoms with E-state index in [4.69, 9.17) is 17.3 Å². The molecule has 0 saturated carbocycles. The van der Waals surface area contributed by atoms with E-state index in [-0.39, 0.29) is 11.8 Å². The van der Waals surface area contributed by atoms with Gasteiger partial charge in [0.05, 0.1) is 10.6 Å². The number of anilines is 1. The predicted octanol–water partition coefficient (Wildman–Crippen LogP) is 3.32. The molecule has 0 radical (unpaired) electrons. The van der Waals surface area contributed by atoms with Crippen molar-refractivity contribution in [3.05, 3.63) is 58.6 Å². The Balaban J connectivity index is 2.18. The van der Waals surface area contributed by atoms with Gasteiger partial charge >= 0.3 is 0 Å². The van der Waals surface area contributed by atoms with Gasteiger partial charge in [-0.1, -0.05) is 23.7 Å². The molecule has 1 atom stereocenters. The SMILES string of the molecule is CC(Nc1ccc(C(N)=O)c(Cl)c1)c1cccc(O)c1. The summed E-state index contributed by atoms with van der Waals surface area (Å²) in [5, 5.41) is 13.0. The lowest BCUT2D eigenvalue weighted by atomic mass is 10.1. The Labute approximate surface area is 122 Å². The smallest absolute Gasteiger partial charge is 0.250 e. The van der Waals surface area contributed by atoms with E-state index in [1.54, 1.807) is 36.4 Å². The number of hydrogen-bond donors (Lipinski definition) is 3. The highest BCUT2D eigenvalue weighted by atomic mass is 35.5. The van der Waals surface area contributed by atoms with Crippen molar-refractivity contribution in [2.45, 2.75) is 13.0 Å². The average molecular weight is 291 g/mol. The van der Waals surface area contributed by atoms with Gasteiger partial charge in [0.2, 0.25) is 5.91 Å². The highest BCUT2D eigenvalue weighted by Gasteiger charge is 2.10. The molecule has 2 rings (SSSR count). The fourth-order valence-corrected chi connectivity index (χ4v) is 2.21. The molecule has 104 valence electrons. The molecular formula is C15H15ClN2O2. The maximum absolute atomic E-state index is 11.1. The number of benzene rings is 2. The molecular weight excluding hydrogens is 276 g/mol. The lowest BCUT2D eigenvalue weighted by Crippen LogP contribution is -2.12. The van der Waals surface area contributed by atoms with Crippen molar-refractivity contribution in [3.63, 3.8) is 0 Å². The van der Waals surface area contributed by atoms with Crippen LogP contribution >= 0.6 is 11.6 Å². The Hall–Kier alpha value is -2.20. The first-order chi connectivity index (χ1) is 9.47. The molecule has 0 bridgehead atoms. The standard InChI is InChI=1S/C15H15ClN2O2/c1-9(10-3-2-4-12(19)7-10)18-11-5-6-13(15(17)20)14(16)8-11/h2-9,18-19H,1H3,(H2,17,20). The van der Waals surface area contributed by atoms with E-state index in [0.29, 0.717) is 10.6 Å². The van der Waals surface area contributed by atoms with Gasteiger partial charge in [-0.15, -0.1) is 0 Å². The summed E-state index contributed by atoms with van der Waals surface area (Å²) >= 11 is 6.00. The van der Waals surface area contributed by atoms with E-state index in [1.165, 1.54) is 0 Å². The largest absolute Gasteiger partial charge is 0.508 e. The number of phenols is 1. The topological polar surface area (TPSA) is 75.3 Å². The van der Waals surface area contributed by atoms with Gasteiger partial charge in [-0.3, -0.25) is 4.79 Å². The van der Waals surface area contributed by atoms with E-state index < -0.39 is 5.91 Å². The van der Waals surface area contributed by atoms with Crippen LogP contribution in [0.15, 0.2) is 42.5 Å². The lowest BCUT2D eigenvalue weighted by molar-refractivity contribution is 0.100. The molecule has 0 aliphatic heterocycles. The molecule has 1 amide bonds. The quantitative estimate of drug-likeness (QED) is 0.808. The molecule has 20 heavy (non-hydrogen) atoms. The maximum Gasteiger partial charge on any atom is 0.250 e. The fraction of sp³-hybridized carbons (Fsp3) is 0.133. The van der Waals surface area contributed by atoms with Crippen LogP contribution in [0.2, 0.25) is 5.02 Å². The number of halogens is 1. The van der Waals surface area contributed by atoms with Gasteiger partial charge in [0.1, 0.15) is 5.75 Å². The number of aromatic hydroxyl groups is 1. The Bertz CT molecular complexity index is 644. The predicted molar refractivity (Wildman–Crippen MR) is 80.1 cm³/mol. The minimum absolute atomic E-state index is 0.0161. The number of amides is 1. The van der Waals surface area contributed by atoms with Crippen LogP contribution in [0.5, 0.6) is 5.75 Å². The highest BCUT2D eigenvalue weighted by molar-refractivity contribution is 6.34. The normalized spacial score (nSPS) is 11.9. The minimum Gasteiger partial charge on any atom is -0.508 e. The molecule has 0 heterocycles. The highest BCUT2D eigenvalue weighted by Crippen LogP contribution is 2.25. The first-order valence-electron chi connectivity index (χ1n) is 6.12. The van der Waals surface area contributed by atoms with Crippen LogP contribution < -0.4 is 11.1 Å². The summed E-state index contributed by atoms with van der Waals surface area (Å²) in [6.07, 6.45) is 0. The van der Waals surface area contributed by atoms with Crippen molar-refractivity contribution in [1.82, 2.24) is 0 Å². The van der Waals surface area contributed by atoms with Crippen LogP contribution in [-0.2, 0) is 0 Å². The van der Waals surface area contributed by atoms with Gasteiger partial charge in [-0.2, -0.15) is 0 Å². The molecule has 4 nitrogen and oxygen atoms in total. The number of primary amides is 1. The van der Waals surface area contributed by atoms with Crippen molar-refractivity contribution >= 4 is 23.2 Å². The van der Waals surface area contributed by atoms with Gasteiger partial charge < -0.3 is 16.2 Å². The summed E-state index contributed by atoms with van der Waals surface area (Å²) in [7, 11) is 0. The number of phenolic OH excluding ortho intramolecular Hbond substituents is 1. The van der Waals surface area contributed by atoms with E-state index >= 15 is 0 Å². The first-order valence-corrected chi connectivity index (χ1v) is 6.50. The van der Waals surface area contributed by atoms with Crippen LogP contribution in [0.4, 0.5) is 5.69 Å². The molecule has 5 heteroatoms. The van der Waals surface area contributed by atoms with Crippen molar-refractivity contribution in [3.8, 4) is 5.75 Å². The third-order valence-electron chi connectivity index (χ3n) is 2.99. The molecule has 0 aromatic heterocycles. The number of nitrogens with one attached hydrogen (secondary N) is 1. The molecule has 0 fully saturated rings. The monoisotopic (exact) mass is 290 g/mol. The third-order valence-corrected chi connectivity index (χ3v) is 3.30. The molecule has 0 aliphatic rings. The van der Waals surface area contributed by atoms with E-state index in [0.717, 1.165) is 11.3 Å². The van der Waals surface area contributed by atoms with Crippen molar-refractivity contribution in [2.75, 3.05) is 5.32 Å². The second-order valence-corrected chi connectivity index (χ2v) is 4.93. The maximum atomic E-state index is 11.1. The van der Waals surface area contributed by atoms with Crippen LogP contribution in [0.3, 0.4) is 0 Å². The Morgan fingerprint density at radius 1 is 1.30 bits per heavy atom. The van der Waals surface area contributed by atoms with Crippen LogP contribution in [0.25, 0.3) is 0 Å². The molecule has 0 spiro atoms. The minimum atomic E-state index is -0.553. The Morgan fingerprint density at radius 3 is 2.65 bits per heavy atom. The van der Waals surface area contributed by atoms with Gasteiger partial charge in [0, 0.05) is 11.7 Å². The summed E-state index contributed by atoms with van der Waals surface area (Å²) in [4.78, 5) is 11.1. The Morgan fingerprint density at radius 2 is 2.05 bits per heavy atom. The molecule has 0 saturated heterocycles. The third kappa shape index (κ3) is 3.22. The van der Waals surface area contributed by atoms with E-state index in [1.807, 2.05) is 13.0 Å². The van der Waals surface area contributed by atoms with Gasteiger partial charge in [0.25, 0.3) is 0 Å². The second kappa shape index (κ2) is 5.84. The zero-order chi connectivity index (χ0) is 14.7. The summed E-state index contributed by atoms with van der Waals surface area (Å²) in [5.41, 5.74) is 7.21. The number of rotatable bonds is 4. The van der Waals surface area contributed by atoms with E-state index in [2.05, 4.69) is 5.32 Å². The lowest BCUT2D eigenvalue weighted by Gasteiger charge is -2.16. The molecule has 1 unspecified atom stereocenters.